The van der Waals surface area contributed by atoms with Gasteiger partial charge in [0, 0.05) is 32.7 Å². The van der Waals surface area contributed by atoms with E-state index in [-0.39, 0.29) is 11.7 Å². The lowest BCUT2D eigenvalue weighted by Gasteiger charge is -2.32. The third kappa shape index (κ3) is 3.74. The molecule has 33 heavy (non-hydrogen) atoms. The highest BCUT2D eigenvalue weighted by atomic mass is 16.2. The normalized spacial score (nSPS) is 15.7. The topological polar surface area (TPSA) is 114 Å². The summed E-state index contributed by atoms with van der Waals surface area (Å²) in [6.45, 7) is 4.81. The standard InChI is InChI=1S/C23H29N7O3/c1-3-4-11-29-20-19(21(31)26-22(29)32)27(2)18(25-20)14-28-12-9-15(10-13-28)30-17-8-6-5-7-16(17)24-23(30)33/h5-8,15H,3-4,9-14H2,1-2H3,(H,24,33)(H,26,31,32). The van der Waals surface area contributed by atoms with E-state index >= 15 is 0 Å². The molecule has 0 bridgehead atoms. The Morgan fingerprint density at radius 1 is 1.06 bits per heavy atom. The van der Waals surface area contributed by atoms with Gasteiger partial charge in [-0.25, -0.2) is 14.6 Å². The average molecular weight is 452 g/mol. The number of imidazole rings is 2. The molecule has 0 saturated carbocycles. The van der Waals surface area contributed by atoms with E-state index in [4.69, 9.17) is 4.98 Å². The van der Waals surface area contributed by atoms with Crippen molar-refractivity contribution in [3.05, 3.63) is 61.4 Å². The van der Waals surface area contributed by atoms with Crippen LogP contribution >= 0.6 is 0 Å². The molecular formula is C23H29N7O3. The van der Waals surface area contributed by atoms with Gasteiger partial charge >= 0.3 is 11.4 Å². The molecule has 1 fully saturated rings. The minimum absolute atomic E-state index is 0.0609. The number of nitrogens with zero attached hydrogens (tertiary/aromatic N) is 5. The molecule has 0 unspecified atom stereocenters. The summed E-state index contributed by atoms with van der Waals surface area (Å²) in [5, 5.41) is 0. The molecule has 0 amide bonds. The van der Waals surface area contributed by atoms with Gasteiger partial charge in [-0.2, -0.15) is 0 Å². The monoisotopic (exact) mass is 451 g/mol. The summed E-state index contributed by atoms with van der Waals surface area (Å²) in [7, 11) is 1.83. The molecule has 0 radical (unpaired) electrons. The number of benzene rings is 1. The van der Waals surface area contributed by atoms with E-state index in [0.717, 1.165) is 55.6 Å². The van der Waals surface area contributed by atoms with Crippen molar-refractivity contribution in [2.45, 2.75) is 51.7 Å². The molecule has 1 saturated heterocycles. The summed E-state index contributed by atoms with van der Waals surface area (Å²) < 4.78 is 5.25. The number of hydrogen-bond acceptors (Lipinski definition) is 5. The van der Waals surface area contributed by atoms with Gasteiger partial charge in [0.05, 0.1) is 17.6 Å². The molecule has 5 rings (SSSR count). The first-order valence-corrected chi connectivity index (χ1v) is 11.6. The summed E-state index contributed by atoms with van der Waals surface area (Å²) in [6, 6.07) is 7.93. The smallest absolute Gasteiger partial charge is 0.324 e. The molecule has 4 heterocycles. The SMILES string of the molecule is CCCCn1c(=O)[nH]c(=O)c2c1nc(CN1CCC(n3c(=O)[nH]c4ccccc43)CC1)n2C. The van der Waals surface area contributed by atoms with E-state index in [1.54, 1.807) is 9.13 Å². The molecule has 1 aliphatic heterocycles. The molecule has 0 spiro atoms. The van der Waals surface area contributed by atoms with Crippen LogP contribution in [0.4, 0.5) is 0 Å². The van der Waals surface area contributed by atoms with Crippen LogP contribution in [0.3, 0.4) is 0 Å². The van der Waals surface area contributed by atoms with E-state index in [9.17, 15) is 14.4 Å². The lowest BCUT2D eigenvalue weighted by atomic mass is 10.0. The number of aryl methyl sites for hydroxylation is 2. The highest BCUT2D eigenvalue weighted by Crippen LogP contribution is 2.25. The predicted octanol–water partition coefficient (Wildman–Crippen LogP) is 1.70. The van der Waals surface area contributed by atoms with Crippen LogP contribution < -0.4 is 16.9 Å². The quantitative estimate of drug-likeness (QED) is 0.463. The van der Waals surface area contributed by atoms with Gasteiger partial charge in [0.2, 0.25) is 0 Å². The fourth-order valence-electron chi connectivity index (χ4n) is 4.93. The van der Waals surface area contributed by atoms with Crippen LogP contribution in [0, 0.1) is 0 Å². The Labute approximate surface area is 189 Å². The second-order valence-corrected chi connectivity index (χ2v) is 8.85. The molecule has 10 nitrogen and oxygen atoms in total. The highest BCUT2D eigenvalue weighted by molar-refractivity contribution is 5.75. The maximum absolute atomic E-state index is 12.5. The maximum atomic E-state index is 12.5. The highest BCUT2D eigenvalue weighted by Gasteiger charge is 2.25. The number of nitrogens with one attached hydrogen (secondary N) is 2. The summed E-state index contributed by atoms with van der Waals surface area (Å²) in [5.74, 6) is 0.758. The third-order valence-electron chi connectivity index (χ3n) is 6.75. The number of aromatic amines is 2. The minimum atomic E-state index is -0.407. The van der Waals surface area contributed by atoms with Crippen LogP contribution in [-0.2, 0) is 20.1 Å². The van der Waals surface area contributed by atoms with Gasteiger partial charge in [0.15, 0.2) is 11.2 Å². The molecule has 2 N–H and O–H groups in total. The van der Waals surface area contributed by atoms with Crippen molar-refractivity contribution in [2.24, 2.45) is 7.05 Å². The zero-order valence-electron chi connectivity index (χ0n) is 19.0. The van der Waals surface area contributed by atoms with Gasteiger partial charge < -0.3 is 9.55 Å². The average Bonchev–Trinajstić information content (AvgIpc) is 3.30. The Morgan fingerprint density at radius 3 is 2.58 bits per heavy atom. The van der Waals surface area contributed by atoms with E-state index in [1.165, 1.54) is 0 Å². The maximum Gasteiger partial charge on any atom is 0.330 e. The number of likely N-dealkylation sites (tertiary alicyclic amines) is 1. The number of unbranched alkanes of at least 4 members (excludes halogenated alkanes) is 1. The van der Waals surface area contributed by atoms with Gasteiger partial charge in [-0.05, 0) is 31.4 Å². The first-order chi connectivity index (χ1) is 16.0. The van der Waals surface area contributed by atoms with Gasteiger partial charge in [-0.3, -0.25) is 23.8 Å². The van der Waals surface area contributed by atoms with Gasteiger partial charge in [0.1, 0.15) is 5.82 Å². The number of H-pyrrole nitrogens is 2. The van der Waals surface area contributed by atoms with Crippen LogP contribution in [0.15, 0.2) is 38.6 Å². The van der Waals surface area contributed by atoms with Crippen molar-refractivity contribution in [1.29, 1.82) is 0 Å². The zero-order chi connectivity index (χ0) is 23.1. The molecule has 174 valence electrons. The Hall–Kier alpha value is -3.40. The van der Waals surface area contributed by atoms with Crippen molar-refractivity contribution in [3.8, 4) is 0 Å². The summed E-state index contributed by atoms with van der Waals surface area (Å²) in [4.78, 5) is 49.8. The molecule has 0 atom stereocenters. The van der Waals surface area contributed by atoms with Crippen LogP contribution in [-0.4, -0.2) is 46.6 Å². The fraction of sp³-hybridized carbons (Fsp3) is 0.478. The Bertz CT molecular complexity index is 1480. The summed E-state index contributed by atoms with van der Waals surface area (Å²) in [5.41, 5.74) is 1.83. The summed E-state index contributed by atoms with van der Waals surface area (Å²) in [6.07, 6.45) is 3.50. The molecule has 3 aromatic heterocycles. The van der Waals surface area contributed by atoms with Crippen molar-refractivity contribution in [1.82, 2.24) is 33.6 Å². The number of para-hydroxylation sites is 2. The fourth-order valence-corrected chi connectivity index (χ4v) is 4.93. The van der Waals surface area contributed by atoms with E-state index < -0.39 is 11.2 Å². The number of piperidine rings is 1. The Morgan fingerprint density at radius 2 is 1.82 bits per heavy atom. The lowest BCUT2D eigenvalue weighted by Crippen LogP contribution is -2.37. The lowest BCUT2D eigenvalue weighted by molar-refractivity contribution is 0.175. The zero-order valence-corrected chi connectivity index (χ0v) is 19.0. The summed E-state index contributed by atoms with van der Waals surface area (Å²) >= 11 is 0. The molecule has 0 aliphatic carbocycles. The number of rotatable bonds is 6. The molecule has 4 aromatic rings. The van der Waals surface area contributed by atoms with E-state index in [1.807, 2.05) is 35.9 Å². The second-order valence-electron chi connectivity index (χ2n) is 8.85. The van der Waals surface area contributed by atoms with Crippen molar-refractivity contribution in [3.63, 3.8) is 0 Å². The third-order valence-corrected chi connectivity index (χ3v) is 6.75. The molecule has 10 heteroatoms. The van der Waals surface area contributed by atoms with Crippen molar-refractivity contribution >= 4 is 22.2 Å². The van der Waals surface area contributed by atoms with Gasteiger partial charge in [-0.15, -0.1) is 0 Å². The second kappa shape index (κ2) is 8.51. The minimum Gasteiger partial charge on any atom is -0.324 e. The predicted molar refractivity (Wildman–Crippen MR) is 127 cm³/mol. The van der Waals surface area contributed by atoms with Gasteiger partial charge in [-0.1, -0.05) is 25.5 Å². The number of hydrogen-bond donors (Lipinski definition) is 2. The number of aromatic nitrogens is 6. The Kier molecular flexibility index (Phi) is 5.53. The van der Waals surface area contributed by atoms with Crippen LogP contribution in [0.1, 0.15) is 44.5 Å². The largest absolute Gasteiger partial charge is 0.330 e. The first kappa shape index (κ1) is 21.4. The van der Waals surface area contributed by atoms with Crippen molar-refractivity contribution in [2.75, 3.05) is 13.1 Å². The Balaban J connectivity index is 1.37. The van der Waals surface area contributed by atoms with Crippen molar-refractivity contribution < 1.29 is 0 Å². The molecule has 1 aliphatic rings. The van der Waals surface area contributed by atoms with E-state index in [2.05, 4.69) is 21.8 Å². The number of fused-ring (bicyclic) bond motifs is 2. The molecule has 1 aromatic carbocycles. The van der Waals surface area contributed by atoms with Crippen LogP contribution in [0.25, 0.3) is 22.2 Å². The van der Waals surface area contributed by atoms with E-state index in [0.29, 0.717) is 24.3 Å². The molecular weight excluding hydrogens is 422 g/mol. The van der Waals surface area contributed by atoms with Crippen LogP contribution in [0.5, 0.6) is 0 Å². The van der Waals surface area contributed by atoms with Crippen LogP contribution in [0.2, 0.25) is 0 Å². The first-order valence-electron chi connectivity index (χ1n) is 11.6. The van der Waals surface area contributed by atoms with Gasteiger partial charge in [0.25, 0.3) is 5.56 Å².